The lowest BCUT2D eigenvalue weighted by atomic mass is 9.75. The molecule has 1 heterocycles. The molecule has 5 heteroatoms. The molecule has 1 saturated heterocycles. The van der Waals surface area contributed by atoms with Crippen LogP contribution in [-0.2, 0) is 4.79 Å². The first-order valence-electron chi connectivity index (χ1n) is 7.82. The number of nitrogens with one attached hydrogen (secondary N) is 1. The second-order valence-electron chi connectivity index (χ2n) is 5.76. The summed E-state index contributed by atoms with van der Waals surface area (Å²) in [6.45, 7) is 5.95. The van der Waals surface area contributed by atoms with Gasteiger partial charge in [0.05, 0.1) is 5.41 Å². The van der Waals surface area contributed by atoms with Crippen molar-refractivity contribution in [2.24, 2.45) is 5.41 Å². The third-order valence-electron chi connectivity index (χ3n) is 4.25. The highest BCUT2D eigenvalue weighted by atomic mass is 16.4. The molecular formula is C15H28N2O3. The van der Waals surface area contributed by atoms with Gasteiger partial charge in [0.15, 0.2) is 0 Å². The normalized spacial score (nSPS) is 17.8. The van der Waals surface area contributed by atoms with Gasteiger partial charge < -0.3 is 15.3 Å². The van der Waals surface area contributed by atoms with E-state index in [4.69, 9.17) is 0 Å². The predicted molar refractivity (Wildman–Crippen MR) is 78.7 cm³/mol. The number of piperidine rings is 1. The van der Waals surface area contributed by atoms with Crippen molar-refractivity contribution in [3.8, 4) is 0 Å². The number of likely N-dealkylation sites (tertiary alicyclic amines) is 1. The van der Waals surface area contributed by atoms with E-state index in [1.165, 1.54) is 0 Å². The summed E-state index contributed by atoms with van der Waals surface area (Å²) in [7, 11) is 0. The number of unbranched alkanes of at least 4 members (excludes halogenated alkanes) is 2. The highest BCUT2D eigenvalue weighted by Crippen LogP contribution is 2.36. The fourth-order valence-corrected chi connectivity index (χ4v) is 2.87. The van der Waals surface area contributed by atoms with Crippen LogP contribution in [0.3, 0.4) is 0 Å². The maximum atomic E-state index is 12.0. The predicted octanol–water partition coefficient (Wildman–Crippen LogP) is 2.85. The molecule has 1 aliphatic rings. The van der Waals surface area contributed by atoms with Crippen molar-refractivity contribution in [1.29, 1.82) is 0 Å². The molecule has 0 aromatic rings. The van der Waals surface area contributed by atoms with E-state index in [1.807, 2.05) is 6.92 Å². The maximum absolute atomic E-state index is 12.0. The van der Waals surface area contributed by atoms with E-state index in [0.29, 0.717) is 38.9 Å². The van der Waals surface area contributed by atoms with Gasteiger partial charge in [0.2, 0.25) is 0 Å². The first kappa shape index (κ1) is 16.8. The molecule has 2 amide bonds. The quantitative estimate of drug-likeness (QED) is 0.706. The van der Waals surface area contributed by atoms with E-state index < -0.39 is 11.4 Å². The van der Waals surface area contributed by atoms with Crippen molar-refractivity contribution in [1.82, 2.24) is 10.2 Å². The molecule has 1 aliphatic heterocycles. The molecule has 1 fully saturated rings. The average molecular weight is 284 g/mol. The summed E-state index contributed by atoms with van der Waals surface area (Å²) in [5.41, 5.74) is -0.617. The van der Waals surface area contributed by atoms with E-state index in [2.05, 4.69) is 12.2 Å². The zero-order valence-corrected chi connectivity index (χ0v) is 12.8. The Kier molecular flexibility index (Phi) is 6.82. The Morgan fingerprint density at radius 2 is 1.80 bits per heavy atom. The molecule has 0 aliphatic carbocycles. The summed E-state index contributed by atoms with van der Waals surface area (Å²) >= 11 is 0. The summed E-state index contributed by atoms with van der Waals surface area (Å²) in [6, 6.07) is -0.0448. The highest BCUT2D eigenvalue weighted by Gasteiger charge is 2.41. The first-order valence-corrected chi connectivity index (χ1v) is 7.82. The van der Waals surface area contributed by atoms with Crippen molar-refractivity contribution < 1.29 is 14.7 Å². The van der Waals surface area contributed by atoms with Crippen LogP contribution in [0.15, 0.2) is 0 Å². The zero-order chi connectivity index (χ0) is 15.0. The molecule has 1 rings (SSSR count). The van der Waals surface area contributed by atoms with Crippen LogP contribution >= 0.6 is 0 Å². The number of hydrogen-bond acceptors (Lipinski definition) is 2. The Hall–Kier alpha value is -1.26. The molecule has 0 aromatic heterocycles. The van der Waals surface area contributed by atoms with Crippen LogP contribution in [0.4, 0.5) is 4.79 Å². The number of rotatable bonds is 7. The zero-order valence-electron chi connectivity index (χ0n) is 12.8. The summed E-state index contributed by atoms with van der Waals surface area (Å²) in [5.74, 6) is -0.706. The highest BCUT2D eigenvalue weighted by molar-refractivity contribution is 5.77. The van der Waals surface area contributed by atoms with Crippen molar-refractivity contribution in [2.75, 3.05) is 19.6 Å². The minimum absolute atomic E-state index is 0.0448. The molecule has 0 radical (unpaired) electrons. The minimum atomic E-state index is -0.706. The number of urea groups is 1. The molecule has 20 heavy (non-hydrogen) atoms. The number of nitrogens with zero attached hydrogens (tertiary/aromatic N) is 1. The molecule has 0 unspecified atom stereocenters. The van der Waals surface area contributed by atoms with Gasteiger partial charge in [-0.05, 0) is 25.7 Å². The van der Waals surface area contributed by atoms with Crippen LogP contribution in [0, 0.1) is 5.41 Å². The van der Waals surface area contributed by atoms with Gasteiger partial charge in [0.1, 0.15) is 0 Å². The van der Waals surface area contributed by atoms with Crippen LogP contribution in [-0.4, -0.2) is 41.6 Å². The minimum Gasteiger partial charge on any atom is -0.481 e. The number of aliphatic carboxylic acids is 1. The smallest absolute Gasteiger partial charge is 0.317 e. The molecule has 5 nitrogen and oxygen atoms in total. The number of amides is 2. The van der Waals surface area contributed by atoms with Gasteiger partial charge >= 0.3 is 12.0 Å². The lowest BCUT2D eigenvalue weighted by Crippen LogP contribution is -2.49. The van der Waals surface area contributed by atoms with Crippen molar-refractivity contribution >= 4 is 12.0 Å². The molecule has 116 valence electrons. The molecule has 0 atom stereocenters. The van der Waals surface area contributed by atoms with Gasteiger partial charge in [0, 0.05) is 19.6 Å². The molecule has 0 aromatic carbocycles. The van der Waals surface area contributed by atoms with Crippen LogP contribution in [0.1, 0.15) is 58.8 Å². The monoisotopic (exact) mass is 284 g/mol. The van der Waals surface area contributed by atoms with Crippen LogP contribution in [0.5, 0.6) is 0 Å². The van der Waals surface area contributed by atoms with Crippen LogP contribution in [0.25, 0.3) is 0 Å². The molecular weight excluding hydrogens is 256 g/mol. The van der Waals surface area contributed by atoms with Gasteiger partial charge in [-0.15, -0.1) is 0 Å². The second kappa shape index (κ2) is 8.12. The van der Waals surface area contributed by atoms with E-state index >= 15 is 0 Å². The fourth-order valence-electron chi connectivity index (χ4n) is 2.87. The average Bonchev–Trinajstić information content (AvgIpc) is 2.44. The Morgan fingerprint density at radius 3 is 2.30 bits per heavy atom. The molecule has 0 saturated carbocycles. The Balaban J connectivity index is 2.40. The largest absolute Gasteiger partial charge is 0.481 e. The number of carbonyl (C=O) groups excluding carboxylic acids is 1. The number of carbonyl (C=O) groups is 2. The summed E-state index contributed by atoms with van der Waals surface area (Å²) < 4.78 is 0. The maximum Gasteiger partial charge on any atom is 0.317 e. The number of carboxylic acids is 1. The number of carboxylic acid groups (broad SMARTS) is 1. The van der Waals surface area contributed by atoms with Gasteiger partial charge in [0.25, 0.3) is 0 Å². The van der Waals surface area contributed by atoms with Crippen LogP contribution in [0.2, 0.25) is 0 Å². The fraction of sp³-hybridized carbons (Fsp3) is 0.867. The summed E-state index contributed by atoms with van der Waals surface area (Å²) in [6.07, 6.45) is 5.97. The standard InChI is InChI=1S/C15H28N2O3/c1-3-5-6-10-16-14(20)17-11-8-15(7-4-2,9-12-17)13(18)19/h3-12H2,1-2H3,(H,16,20)(H,18,19). The molecule has 0 bridgehead atoms. The SMILES string of the molecule is CCCCCNC(=O)N1CCC(CCC)(C(=O)O)CC1. The van der Waals surface area contributed by atoms with Gasteiger partial charge in [-0.2, -0.15) is 0 Å². The second-order valence-corrected chi connectivity index (χ2v) is 5.76. The third kappa shape index (κ3) is 4.39. The van der Waals surface area contributed by atoms with Crippen molar-refractivity contribution in [2.45, 2.75) is 58.8 Å². The lowest BCUT2D eigenvalue weighted by molar-refractivity contribution is -0.152. The van der Waals surface area contributed by atoms with E-state index in [0.717, 1.165) is 25.7 Å². The van der Waals surface area contributed by atoms with Gasteiger partial charge in [-0.25, -0.2) is 4.79 Å². The van der Waals surface area contributed by atoms with E-state index in [9.17, 15) is 14.7 Å². The molecule has 2 N–H and O–H groups in total. The van der Waals surface area contributed by atoms with E-state index in [1.54, 1.807) is 4.90 Å². The summed E-state index contributed by atoms with van der Waals surface area (Å²) in [4.78, 5) is 25.2. The van der Waals surface area contributed by atoms with Gasteiger partial charge in [-0.1, -0.05) is 33.1 Å². The number of hydrogen-bond donors (Lipinski definition) is 2. The van der Waals surface area contributed by atoms with Gasteiger partial charge in [-0.3, -0.25) is 4.79 Å². The Morgan fingerprint density at radius 1 is 1.15 bits per heavy atom. The van der Waals surface area contributed by atoms with E-state index in [-0.39, 0.29) is 6.03 Å². The van der Waals surface area contributed by atoms with Crippen molar-refractivity contribution in [3.63, 3.8) is 0 Å². The third-order valence-corrected chi connectivity index (χ3v) is 4.25. The first-order chi connectivity index (χ1) is 9.55. The lowest BCUT2D eigenvalue weighted by Gasteiger charge is -2.38. The summed E-state index contributed by atoms with van der Waals surface area (Å²) in [5, 5.41) is 12.3. The van der Waals surface area contributed by atoms with Crippen molar-refractivity contribution in [3.05, 3.63) is 0 Å². The molecule has 0 spiro atoms. The van der Waals surface area contributed by atoms with Crippen LogP contribution < -0.4 is 5.32 Å². The Labute approximate surface area is 121 Å². The topological polar surface area (TPSA) is 69.6 Å². The Bertz CT molecular complexity index is 323.